The summed E-state index contributed by atoms with van der Waals surface area (Å²) in [5.41, 5.74) is -0.166. The van der Waals surface area contributed by atoms with E-state index >= 15 is 0 Å². The zero-order valence-corrected chi connectivity index (χ0v) is 11.8. The monoisotopic (exact) mass is 257 g/mol. The van der Waals surface area contributed by atoms with Crippen LogP contribution < -0.4 is 5.32 Å². The van der Waals surface area contributed by atoms with Crippen LogP contribution in [0.4, 0.5) is 0 Å². The van der Waals surface area contributed by atoms with Gasteiger partial charge in [-0.25, -0.2) is 0 Å². The van der Waals surface area contributed by atoms with E-state index in [1.54, 1.807) is 18.0 Å². The molecule has 1 aromatic heterocycles. The van der Waals surface area contributed by atoms with E-state index < -0.39 is 0 Å². The molecule has 0 radical (unpaired) electrons. The summed E-state index contributed by atoms with van der Waals surface area (Å²) in [6, 6.07) is 2.00. The summed E-state index contributed by atoms with van der Waals surface area (Å²) in [5.74, 6) is 1.95. The second-order valence-electron chi connectivity index (χ2n) is 4.59. The molecule has 1 unspecified atom stereocenters. The molecule has 0 aliphatic rings. The Bertz CT molecular complexity index is 327. The number of aryl methyl sites for hydroxylation is 1. The van der Waals surface area contributed by atoms with Crippen molar-refractivity contribution in [1.29, 1.82) is 0 Å². The molecule has 98 valence electrons. The van der Waals surface area contributed by atoms with E-state index in [1.807, 2.05) is 13.0 Å². The van der Waals surface area contributed by atoms with Gasteiger partial charge in [0.05, 0.1) is 12.9 Å². The third-order valence-electron chi connectivity index (χ3n) is 2.87. The first-order chi connectivity index (χ1) is 8.11. The van der Waals surface area contributed by atoms with Crippen molar-refractivity contribution in [2.24, 2.45) is 0 Å². The van der Waals surface area contributed by atoms with Crippen molar-refractivity contribution in [2.75, 3.05) is 18.9 Å². The van der Waals surface area contributed by atoms with E-state index in [0.29, 0.717) is 0 Å². The molecular formula is C13H23NO2S. The summed E-state index contributed by atoms with van der Waals surface area (Å²) in [7, 11) is 0. The fourth-order valence-corrected chi connectivity index (χ4v) is 2.74. The van der Waals surface area contributed by atoms with Crippen molar-refractivity contribution in [2.45, 2.75) is 44.0 Å². The topological polar surface area (TPSA) is 45.4 Å². The van der Waals surface area contributed by atoms with Crippen LogP contribution in [0.5, 0.6) is 0 Å². The van der Waals surface area contributed by atoms with Gasteiger partial charge in [0.2, 0.25) is 0 Å². The molecule has 0 bridgehead atoms. The molecule has 0 spiro atoms. The first-order valence-electron chi connectivity index (χ1n) is 6.14. The summed E-state index contributed by atoms with van der Waals surface area (Å²) in [6.07, 6.45) is 3.75. The van der Waals surface area contributed by atoms with Crippen LogP contribution >= 0.6 is 11.8 Å². The normalized spacial score (nSPS) is 14.8. The smallest absolute Gasteiger partial charge is 0.114 e. The predicted molar refractivity (Wildman–Crippen MR) is 72.6 cm³/mol. The Kier molecular flexibility index (Phi) is 6.09. The molecule has 0 aliphatic carbocycles. The minimum atomic E-state index is -0.166. The average molecular weight is 257 g/mol. The molecule has 1 rings (SSSR count). The fourth-order valence-electron chi connectivity index (χ4n) is 1.56. The molecule has 1 atom stereocenters. The summed E-state index contributed by atoms with van der Waals surface area (Å²) in [4.78, 5) is 1.20. The van der Waals surface area contributed by atoms with E-state index in [1.165, 1.54) is 4.90 Å². The van der Waals surface area contributed by atoms with Gasteiger partial charge in [-0.1, -0.05) is 6.92 Å². The number of hydrogen-bond acceptors (Lipinski definition) is 4. The first kappa shape index (κ1) is 14.6. The van der Waals surface area contributed by atoms with Gasteiger partial charge in [0, 0.05) is 10.4 Å². The fraction of sp³-hybridized carbons (Fsp3) is 0.692. The molecule has 1 heterocycles. The minimum Gasteiger partial charge on any atom is -0.468 e. The molecule has 0 amide bonds. The highest BCUT2D eigenvalue weighted by Gasteiger charge is 2.21. The Labute approximate surface area is 108 Å². The molecule has 3 nitrogen and oxygen atoms in total. The van der Waals surface area contributed by atoms with Gasteiger partial charge in [-0.3, -0.25) is 0 Å². The average Bonchev–Trinajstić information content (AvgIpc) is 2.73. The van der Waals surface area contributed by atoms with Crippen LogP contribution in [0.25, 0.3) is 0 Å². The van der Waals surface area contributed by atoms with Crippen LogP contribution in [0.1, 0.15) is 32.4 Å². The van der Waals surface area contributed by atoms with Gasteiger partial charge < -0.3 is 14.8 Å². The van der Waals surface area contributed by atoms with E-state index in [4.69, 9.17) is 4.42 Å². The zero-order valence-electron chi connectivity index (χ0n) is 11.0. The lowest BCUT2D eigenvalue weighted by atomic mass is 10.0. The van der Waals surface area contributed by atoms with Crippen LogP contribution in [-0.4, -0.2) is 29.5 Å². The molecule has 4 heteroatoms. The lowest BCUT2D eigenvalue weighted by Crippen LogP contribution is -2.46. The molecule has 0 fully saturated rings. The lowest BCUT2D eigenvalue weighted by Gasteiger charge is -2.28. The number of rotatable bonds is 8. The van der Waals surface area contributed by atoms with Crippen molar-refractivity contribution in [3.05, 3.63) is 18.1 Å². The van der Waals surface area contributed by atoms with Gasteiger partial charge in [-0.05, 0) is 45.1 Å². The molecule has 0 saturated carbocycles. The van der Waals surface area contributed by atoms with Crippen molar-refractivity contribution in [3.8, 4) is 0 Å². The molecule has 0 aromatic carbocycles. The third-order valence-corrected chi connectivity index (χ3v) is 4.02. The van der Waals surface area contributed by atoms with Gasteiger partial charge in [0.15, 0.2) is 0 Å². The molecule has 17 heavy (non-hydrogen) atoms. The highest BCUT2D eigenvalue weighted by atomic mass is 32.2. The highest BCUT2D eigenvalue weighted by molar-refractivity contribution is 7.99. The number of nitrogens with one attached hydrogen (secondary N) is 1. The van der Waals surface area contributed by atoms with E-state index in [2.05, 4.69) is 19.2 Å². The Morgan fingerprint density at radius 2 is 2.29 bits per heavy atom. The van der Waals surface area contributed by atoms with Gasteiger partial charge in [-0.15, -0.1) is 11.8 Å². The Hall–Kier alpha value is -0.450. The SMILES string of the molecule is CCCNC(C)(CO)CCSc1ccoc1C. The second-order valence-corrected chi connectivity index (χ2v) is 5.72. The van der Waals surface area contributed by atoms with Gasteiger partial charge in [0.25, 0.3) is 0 Å². The predicted octanol–water partition coefficient (Wildman–Crippen LogP) is 2.82. The maximum atomic E-state index is 9.43. The van der Waals surface area contributed by atoms with E-state index in [-0.39, 0.29) is 12.1 Å². The van der Waals surface area contributed by atoms with E-state index in [9.17, 15) is 5.11 Å². The quantitative estimate of drug-likeness (QED) is 0.703. The first-order valence-corrected chi connectivity index (χ1v) is 7.12. The van der Waals surface area contributed by atoms with Crippen LogP contribution in [0, 0.1) is 6.92 Å². The van der Waals surface area contributed by atoms with Gasteiger partial charge in [0.1, 0.15) is 5.76 Å². The largest absolute Gasteiger partial charge is 0.468 e. The van der Waals surface area contributed by atoms with Gasteiger partial charge in [-0.2, -0.15) is 0 Å². The standard InChI is InChI=1S/C13H23NO2S/c1-4-7-14-13(3,10-15)6-9-17-12-5-8-16-11(12)2/h5,8,14-15H,4,6-7,9-10H2,1-3H3. The van der Waals surface area contributed by atoms with Crippen molar-refractivity contribution < 1.29 is 9.52 Å². The summed E-state index contributed by atoms with van der Waals surface area (Å²) < 4.78 is 5.25. The molecule has 0 aliphatic heterocycles. The van der Waals surface area contributed by atoms with E-state index in [0.717, 1.165) is 30.9 Å². The van der Waals surface area contributed by atoms with Crippen LogP contribution in [-0.2, 0) is 0 Å². The van der Waals surface area contributed by atoms with Crippen LogP contribution in [0.3, 0.4) is 0 Å². The highest BCUT2D eigenvalue weighted by Crippen LogP contribution is 2.25. The van der Waals surface area contributed by atoms with Crippen molar-refractivity contribution >= 4 is 11.8 Å². The number of thioether (sulfide) groups is 1. The summed E-state index contributed by atoms with van der Waals surface area (Å²) in [6.45, 7) is 7.31. The van der Waals surface area contributed by atoms with Crippen LogP contribution in [0.15, 0.2) is 21.6 Å². The number of aliphatic hydroxyl groups excluding tert-OH is 1. The third kappa shape index (κ3) is 4.74. The molecule has 1 aromatic rings. The van der Waals surface area contributed by atoms with Crippen molar-refractivity contribution in [1.82, 2.24) is 5.32 Å². The lowest BCUT2D eigenvalue weighted by molar-refractivity contribution is 0.171. The number of hydrogen-bond donors (Lipinski definition) is 2. The Morgan fingerprint density at radius 3 is 2.82 bits per heavy atom. The molecule has 0 saturated heterocycles. The maximum absolute atomic E-state index is 9.43. The second kappa shape index (κ2) is 7.09. The molecule has 2 N–H and O–H groups in total. The molecular weight excluding hydrogens is 234 g/mol. The Balaban J connectivity index is 2.35. The maximum Gasteiger partial charge on any atom is 0.114 e. The van der Waals surface area contributed by atoms with Crippen LogP contribution in [0.2, 0.25) is 0 Å². The summed E-state index contributed by atoms with van der Waals surface area (Å²) in [5, 5.41) is 12.8. The zero-order chi connectivity index (χ0) is 12.7. The minimum absolute atomic E-state index is 0.166. The number of aliphatic hydroxyl groups is 1. The van der Waals surface area contributed by atoms with Gasteiger partial charge >= 0.3 is 0 Å². The number of furan rings is 1. The van der Waals surface area contributed by atoms with Crippen molar-refractivity contribution in [3.63, 3.8) is 0 Å². The summed E-state index contributed by atoms with van der Waals surface area (Å²) >= 11 is 1.78. The Morgan fingerprint density at radius 1 is 1.53 bits per heavy atom.